The van der Waals surface area contributed by atoms with Gasteiger partial charge in [0.1, 0.15) is 10.9 Å². The average Bonchev–Trinajstić information content (AvgIpc) is 3.30. The van der Waals surface area contributed by atoms with Gasteiger partial charge in [0.05, 0.1) is 21.3 Å². The minimum atomic E-state index is -0.721. The molecule has 0 radical (unpaired) electrons. The zero-order chi connectivity index (χ0) is 19.8. The molecule has 0 spiro atoms. The maximum Gasteiger partial charge on any atom is 0.288 e. The third-order valence-corrected chi connectivity index (χ3v) is 5.30. The highest BCUT2D eigenvalue weighted by Crippen LogP contribution is 2.36. The molecule has 9 heteroatoms. The summed E-state index contributed by atoms with van der Waals surface area (Å²) in [4.78, 5) is 28.4. The molecule has 0 aromatic heterocycles. The van der Waals surface area contributed by atoms with Crippen molar-refractivity contribution < 1.29 is 9.72 Å². The number of anilines is 1. The molecule has 7 nitrogen and oxygen atoms in total. The number of halogens is 2. The van der Waals surface area contributed by atoms with E-state index in [4.69, 9.17) is 23.2 Å². The van der Waals surface area contributed by atoms with Crippen molar-refractivity contribution in [2.24, 2.45) is 16.0 Å². The van der Waals surface area contributed by atoms with E-state index in [1.54, 1.807) is 24.3 Å². The Hall–Kier alpha value is -2.77. The molecule has 2 aromatic carbocycles. The lowest BCUT2D eigenvalue weighted by Gasteiger charge is -2.15. The van der Waals surface area contributed by atoms with E-state index in [-0.39, 0.29) is 21.6 Å². The molecule has 0 saturated carbocycles. The minimum absolute atomic E-state index is 0.0710. The van der Waals surface area contributed by atoms with E-state index < -0.39 is 10.8 Å². The Morgan fingerprint density at radius 1 is 1.14 bits per heavy atom. The zero-order valence-corrected chi connectivity index (χ0v) is 16.0. The first-order chi connectivity index (χ1) is 13.5. The number of hydrogen-bond acceptors (Lipinski definition) is 5. The van der Waals surface area contributed by atoms with Crippen molar-refractivity contribution in [2.45, 2.75) is 12.8 Å². The van der Waals surface area contributed by atoms with E-state index in [1.165, 1.54) is 17.1 Å². The number of para-hydroxylation sites is 1. The van der Waals surface area contributed by atoms with E-state index in [0.717, 1.165) is 12.1 Å². The van der Waals surface area contributed by atoms with Crippen LogP contribution < -0.4 is 5.01 Å². The summed E-state index contributed by atoms with van der Waals surface area (Å²) in [6.07, 6.45) is 1.53. The van der Waals surface area contributed by atoms with Gasteiger partial charge >= 0.3 is 0 Å². The van der Waals surface area contributed by atoms with Crippen molar-refractivity contribution in [3.63, 3.8) is 0 Å². The van der Waals surface area contributed by atoms with E-state index in [2.05, 4.69) is 10.1 Å². The molecule has 1 amide bonds. The van der Waals surface area contributed by atoms with E-state index >= 15 is 0 Å². The fourth-order valence-corrected chi connectivity index (χ4v) is 3.94. The van der Waals surface area contributed by atoms with Crippen molar-refractivity contribution in [3.8, 4) is 0 Å². The van der Waals surface area contributed by atoms with Crippen molar-refractivity contribution >= 4 is 51.9 Å². The van der Waals surface area contributed by atoms with Crippen LogP contribution in [-0.4, -0.2) is 28.8 Å². The number of hydrogen-bond donors (Lipinski definition) is 0. The summed E-state index contributed by atoms with van der Waals surface area (Å²) in [5.74, 6) is -0.975. The monoisotopic (exact) mass is 416 g/mol. The first kappa shape index (κ1) is 18.6. The molecule has 2 aromatic rings. The molecule has 2 aliphatic rings. The van der Waals surface area contributed by atoms with Gasteiger partial charge in [-0.1, -0.05) is 41.4 Å². The van der Waals surface area contributed by atoms with Crippen LogP contribution in [0.15, 0.2) is 52.6 Å². The lowest BCUT2D eigenvalue weighted by atomic mass is 9.90. The van der Waals surface area contributed by atoms with Crippen LogP contribution in [0.3, 0.4) is 0 Å². The number of benzene rings is 2. The summed E-state index contributed by atoms with van der Waals surface area (Å²) in [5, 5.41) is 17.2. The van der Waals surface area contributed by atoms with Crippen LogP contribution in [0.2, 0.25) is 10.0 Å². The summed E-state index contributed by atoms with van der Waals surface area (Å²) >= 11 is 12.3. The highest BCUT2D eigenvalue weighted by Gasteiger charge is 2.42. The van der Waals surface area contributed by atoms with Gasteiger partial charge in [0, 0.05) is 23.9 Å². The summed E-state index contributed by atoms with van der Waals surface area (Å²) in [7, 11) is 0. The number of carbonyl (C=O) groups excluding carboxylic acids is 1. The van der Waals surface area contributed by atoms with Gasteiger partial charge in [0.2, 0.25) is 0 Å². The second kappa shape index (κ2) is 7.33. The Labute approximate surface area is 170 Å². The Morgan fingerprint density at radius 2 is 1.89 bits per heavy atom. The third-order valence-electron chi connectivity index (χ3n) is 4.69. The summed E-state index contributed by atoms with van der Waals surface area (Å²) in [5.41, 5.74) is 1.69. The number of hydrazone groups is 1. The van der Waals surface area contributed by atoms with Crippen LogP contribution in [-0.2, 0) is 4.79 Å². The van der Waals surface area contributed by atoms with Gasteiger partial charge in [-0.2, -0.15) is 10.1 Å². The topological polar surface area (TPSA) is 88.2 Å². The lowest BCUT2D eigenvalue weighted by molar-refractivity contribution is -0.384. The molecule has 4 rings (SSSR count). The minimum Gasteiger partial charge on any atom is -0.293 e. The Kier molecular flexibility index (Phi) is 4.87. The second-order valence-corrected chi connectivity index (χ2v) is 7.24. The third kappa shape index (κ3) is 3.16. The Bertz CT molecular complexity index is 1040. The zero-order valence-electron chi connectivity index (χ0n) is 14.5. The summed E-state index contributed by atoms with van der Waals surface area (Å²) in [6, 6.07) is 11.6. The van der Waals surface area contributed by atoms with E-state index in [0.29, 0.717) is 29.9 Å². The molecule has 0 aliphatic carbocycles. The van der Waals surface area contributed by atoms with Gasteiger partial charge in [0.25, 0.3) is 11.6 Å². The van der Waals surface area contributed by atoms with Crippen molar-refractivity contribution in [1.29, 1.82) is 0 Å². The van der Waals surface area contributed by atoms with Crippen LogP contribution in [0.25, 0.3) is 0 Å². The molecule has 2 heterocycles. The maximum absolute atomic E-state index is 13.2. The van der Waals surface area contributed by atoms with E-state index in [1.807, 2.05) is 6.07 Å². The highest BCUT2D eigenvalue weighted by molar-refractivity contribution is 6.41. The molecular weight excluding hydrogens is 403 g/mol. The smallest absolute Gasteiger partial charge is 0.288 e. The first-order valence-electron chi connectivity index (χ1n) is 8.62. The van der Waals surface area contributed by atoms with Crippen LogP contribution >= 0.6 is 23.2 Å². The number of amides is 1. The predicted octanol–water partition coefficient (Wildman–Crippen LogP) is 4.50. The molecule has 142 valence electrons. The molecule has 28 heavy (non-hydrogen) atoms. The van der Waals surface area contributed by atoms with Crippen LogP contribution in [0.4, 0.5) is 11.4 Å². The highest BCUT2D eigenvalue weighted by atomic mass is 35.5. The normalized spacial score (nSPS) is 19.0. The van der Waals surface area contributed by atoms with Crippen molar-refractivity contribution in [2.75, 3.05) is 11.6 Å². The Morgan fingerprint density at radius 3 is 2.54 bits per heavy atom. The van der Waals surface area contributed by atoms with Crippen molar-refractivity contribution in [3.05, 3.63) is 68.2 Å². The van der Waals surface area contributed by atoms with Gasteiger partial charge in [0.15, 0.2) is 0 Å². The van der Waals surface area contributed by atoms with Crippen molar-refractivity contribution in [1.82, 2.24) is 0 Å². The lowest BCUT2D eigenvalue weighted by Crippen LogP contribution is -2.33. The largest absolute Gasteiger partial charge is 0.293 e. The van der Waals surface area contributed by atoms with Crippen LogP contribution in [0.1, 0.15) is 18.4 Å². The number of nitro groups is 1. The molecule has 0 unspecified atom stereocenters. The molecule has 0 fully saturated rings. The maximum atomic E-state index is 13.2. The van der Waals surface area contributed by atoms with Crippen LogP contribution in [0.5, 0.6) is 0 Å². The second-order valence-electron chi connectivity index (χ2n) is 6.42. The molecule has 2 aliphatic heterocycles. The van der Waals surface area contributed by atoms with E-state index in [9.17, 15) is 14.9 Å². The van der Waals surface area contributed by atoms with Gasteiger partial charge in [-0.3, -0.25) is 19.9 Å². The fourth-order valence-electron chi connectivity index (χ4n) is 3.39. The molecule has 0 saturated heterocycles. The van der Waals surface area contributed by atoms with Gasteiger partial charge < -0.3 is 0 Å². The molecular formula is C19H14Cl2N4O3. The molecule has 0 N–H and O–H groups in total. The number of nitrogens with zero attached hydrogens (tertiary/aromatic N) is 4. The number of carbonyl (C=O) groups is 1. The standard InChI is InChI=1S/C19H14Cl2N4O3/c20-13-10-14(21)16(25(27)28)9-12(13)18-17(15-7-4-8-22-15)19(26)24(23-18)11-5-2-1-3-6-11/h1-3,5-6,9-10,17H,4,7-8H2/t17-/m1/s1. The van der Waals surface area contributed by atoms with Gasteiger partial charge in [-0.05, 0) is 31.0 Å². The number of nitro benzene ring substituents is 1. The summed E-state index contributed by atoms with van der Waals surface area (Å²) < 4.78 is 0. The molecule has 1 atom stereocenters. The number of rotatable bonds is 4. The molecule has 0 bridgehead atoms. The summed E-state index contributed by atoms with van der Waals surface area (Å²) in [6.45, 7) is 0.645. The number of aliphatic imine (C=N–C) groups is 1. The van der Waals surface area contributed by atoms with Gasteiger partial charge in [-0.15, -0.1) is 0 Å². The first-order valence-corrected chi connectivity index (χ1v) is 9.37. The predicted molar refractivity (Wildman–Crippen MR) is 109 cm³/mol. The van der Waals surface area contributed by atoms with Gasteiger partial charge in [-0.25, -0.2) is 0 Å². The van der Waals surface area contributed by atoms with Crippen LogP contribution in [0, 0.1) is 16.0 Å². The quantitative estimate of drug-likeness (QED) is 0.542. The fraction of sp³-hybridized carbons (Fsp3) is 0.211. The average molecular weight is 417 g/mol. The Balaban J connectivity index is 1.87. The SMILES string of the molecule is O=C1[C@H](C2=NCCC2)C(c2cc([N+](=O)[O-])c(Cl)cc2Cl)=NN1c1ccccc1.